The summed E-state index contributed by atoms with van der Waals surface area (Å²) in [5.74, 6) is 0.867. The van der Waals surface area contributed by atoms with E-state index in [1.54, 1.807) is 12.0 Å². The number of piperazine rings is 1. The molecular weight excluding hydrogens is 336 g/mol. The van der Waals surface area contributed by atoms with Gasteiger partial charge in [0.05, 0.1) is 19.9 Å². The van der Waals surface area contributed by atoms with Gasteiger partial charge in [0.15, 0.2) is 11.7 Å². The Hall–Kier alpha value is -1.96. The molecule has 0 bridgehead atoms. The van der Waals surface area contributed by atoms with Crippen LogP contribution < -0.4 is 19.9 Å². The first-order valence-corrected chi connectivity index (χ1v) is 9.43. The van der Waals surface area contributed by atoms with Gasteiger partial charge in [-0.15, -0.1) is 11.3 Å². The molecule has 1 aliphatic rings. The minimum absolute atomic E-state index is 0.0459. The second kappa shape index (κ2) is 7.95. The minimum Gasteiger partial charge on any atom is -0.497 e. The van der Waals surface area contributed by atoms with Crippen molar-refractivity contribution in [3.05, 3.63) is 29.1 Å². The van der Waals surface area contributed by atoms with Crippen LogP contribution >= 0.6 is 11.3 Å². The number of anilines is 1. The van der Waals surface area contributed by atoms with E-state index in [4.69, 9.17) is 4.74 Å². The van der Waals surface area contributed by atoms with Crippen molar-refractivity contribution >= 4 is 22.4 Å². The average molecular weight is 362 g/mol. The van der Waals surface area contributed by atoms with Crippen LogP contribution in [-0.2, 0) is 4.79 Å². The van der Waals surface area contributed by atoms with E-state index in [9.17, 15) is 4.79 Å². The van der Waals surface area contributed by atoms with Crippen LogP contribution in [0.4, 0.5) is 5.13 Å². The van der Waals surface area contributed by atoms with Crippen molar-refractivity contribution in [2.24, 2.45) is 0 Å². The maximum absolute atomic E-state index is 12.3. The largest absolute Gasteiger partial charge is 0.497 e. The molecule has 1 saturated heterocycles. The Kier molecular flexibility index (Phi) is 5.67. The van der Waals surface area contributed by atoms with E-state index in [1.807, 2.05) is 31.2 Å². The molecule has 3 N–H and O–H groups in total. The first-order valence-electron chi connectivity index (χ1n) is 8.61. The summed E-state index contributed by atoms with van der Waals surface area (Å²) in [7, 11) is 3.86. The highest BCUT2D eigenvalue weighted by molar-refractivity contribution is 7.16. The topological polar surface area (TPSA) is 60.1 Å². The second-order valence-electron chi connectivity index (χ2n) is 6.58. The van der Waals surface area contributed by atoms with Crippen molar-refractivity contribution in [2.75, 3.05) is 52.2 Å². The van der Waals surface area contributed by atoms with E-state index in [2.05, 4.69) is 17.3 Å². The molecule has 3 rings (SSSR count). The van der Waals surface area contributed by atoms with Gasteiger partial charge in [0, 0.05) is 10.4 Å². The number of rotatable bonds is 5. The lowest BCUT2D eigenvalue weighted by Crippen LogP contribution is -3.27. The summed E-state index contributed by atoms with van der Waals surface area (Å²) in [4.78, 5) is 20.9. The van der Waals surface area contributed by atoms with Crippen LogP contribution in [0, 0.1) is 6.92 Å². The number of aromatic nitrogens is 1. The number of ether oxygens (including phenoxy) is 1. The number of methoxy groups -OCH3 is 1. The smallest absolute Gasteiger partial charge is 0.281 e. The normalized spacial score (nSPS) is 20.3. The highest BCUT2D eigenvalue weighted by Gasteiger charge is 2.23. The molecule has 2 aromatic rings. The van der Waals surface area contributed by atoms with Crippen LogP contribution in [0.15, 0.2) is 24.3 Å². The Morgan fingerprint density at radius 3 is 2.56 bits per heavy atom. The van der Waals surface area contributed by atoms with Crippen LogP contribution in [-0.4, -0.2) is 57.8 Å². The Balaban J connectivity index is 1.62. The summed E-state index contributed by atoms with van der Waals surface area (Å²) in [5.41, 5.74) is 1.95. The predicted molar refractivity (Wildman–Crippen MR) is 99.7 cm³/mol. The van der Waals surface area contributed by atoms with Gasteiger partial charge in [0.25, 0.3) is 5.91 Å². The number of thiazole rings is 1. The number of hydrogen-bond acceptors (Lipinski definition) is 4. The lowest BCUT2D eigenvalue weighted by Gasteiger charge is -2.26. The van der Waals surface area contributed by atoms with E-state index in [1.165, 1.54) is 16.2 Å². The molecule has 6 nitrogen and oxygen atoms in total. The maximum atomic E-state index is 12.3. The molecular formula is C18H26N4O2S+2. The summed E-state index contributed by atoms with van der Waals surface area (Å²) < 4.78 is 5.19. The lowest BCUT2D eigenvalue weighted by molar-refractivity contribution is -0.999. The van der Waals surface area contributed by atoms with E-state index >= 15 is 0 Å². The molecule has 0 radical (unpaired) electrons. The van der Waals surface area contributed by atoms with E-state index in [-0.39, 0.29) is 5.91 Å². The number of carbonyl (C=O) groups excluding carboxylic acids is 1. The average Bonchev–Trinajstić information content (AvgIpc) is 2.97. The molecule has 1 aromatic carbocycles. The van der Waals surface area contributed by atoms with Crippen LogP contribution in [0.3, 0.4) is 0 Å². The quantitative estimate of drug-likeness (QED) is 0.671. The zero-order valence-electron chi connectivity index (χ0n) is 15.0. The van der Waals surface area contributed by atoms with Crippen molar-refractivity contribution < 1.29 is 19.3 Å². The number of nitrogens with zero attached hydrogens (tertiary/aromatic N) is 1. The third kappa shape index (κ3) is 4.56. The van der Waals surface area contributed by atoms with Gasteiger partial charge in [-0.1, -0.05) is 0 Å². The van der Waals surface area contributed by atoms with Gasteiger partial charge < -0.3 is 14.5 Å². The highest BCUT2D eigenvalue weighted by atomic mass is 32.1. The first-order chi connectivity index (χ1) is 12.0. The molecule has 0 unspecified atom stereocenters. The summed E-state index contributed by atoms with van der Waals surface area (Å²) in [6, 6.07) is 7.82. The first kappa shape index (κ1) is 17.8. The summed E-state index contributed by atoms with van der Waals surface area (Å²) >= 11 is 1.52. The molecule has 2 heterocycles. The number of aryl methyl sites for hydroxylation is 1. The van der Waals surface area contributed by atoms with Crippen molar-refractivity contribution in [3.63, 3.8) is 0 Å². The highest BCUT2D eigenvalue weighted by Crippen LogP contribution is 2.31. The van der Waals surface area contributed by atoms with Crippen molar-refractivity contribution in [2.45, 2.75) is 6.92 Å². The van der Waals surface area contributed by atoms with Gasteiger partial charge in [-0.2, -0.15) is 0 Å². The SMILES string of the molecule is COc1ccc(-c2nc(NC(=O)C[NH+]3CC[NH+](C)CC3)sc2C)cc1. The predicted octanol–water partition coefficient (Wildman–Crippen LogP) is -0.521. The zero-order chi connectivity index (χ0) is 17.8. The maximum Gasteiger partial charge on any atom is 0.281 e. The Bertz CT molecular complexity index is 721. The molecule has 134 valence electrons. The third-order valence-electron chi connectivity index (χ3n) is 4.63. The zero-order valence-corrected chi connectivity index (χ0v) is 15.8. The monoisotopic (exact) mass is 362 g/mol. The van der Waals surface area contributed by atoms with Crippen LogP contribution in [0.25, 0.3) is 11.3 Å². The minimum atomic E-state index is 0.0459. The fraction of sp³-hybridized carbons (Fsp3) is 0.444. The number of benzene rings is 1. The summed E-state index contributed by atoms with van der Waals surface area (Å²) in [6.45, 7) is 6.90. The molecule has 7 heteroatoms. The molecule has 25 heavy (non-hydrogen) atoms. The molecule has 1 aromatic heterocycles. The molecule has 0 atom stereocenters. The molecule has 1 amide bonds. The number of likely N-dealkylation sites (N-methyl/N-ethyl adjacent to an activating group) is 1. The second-order valence-corrected chi connectivity index (χ2v) is 7.79. The van der Waals surface area contributed by atoms with Crippen LogP contribution in [0.5, 0.6) is 5.75 Å². The van der Waals surface area contributed by atoms with E-state index in [0.29, 0.717) is 11.7 Å². The fourth-order valence-corrected chi connectivity index (χ4v) is 3.92. The Labute approximate surface area is 152 Å². The molecule has 0 aliphatic carbocycles. The molecule has 0 saturated carbocycles. The molecule has 1 fully saturated rings. The van der Waals surface area contributed by atoms with Crippen molar-refractivity contribution in [3.8, 4) is 17.0 Å². The summed E-state index contributed by atoms with van der Waals surface area (Å²) in [6.07, 6.45) is 0. The Morgan fingerprint density at radius 1 is 1.24 bits per heavy atom. The van der Waals surface area contributed by atoms with Gasteiger partial charge >= 0.3 is 0 Å². The Morgan fingerprint density at radius 2 is 1.92 bits per heavy atom. The fourth-order valence-electron chi connectivity index (χ4n) is 3.06. The number of nitrogens with one attached hydrogen (secondary N) is 3. The number of amides is 1. The van der Waals surface area contributed by atoms with Gasteiger partial charge in [0.1, 0.15) is 31.9 Å². The molecule has 0 spiro atoms. The number of quaternary nitrogens is 2. The van der Waals surface area contributed by atoms with Gasteiger partial charge in [-0.3, -0.25) is 10.1 Å². The number of carbonyl (C=O) groups is 1. The van der Waals surface area contributed by atoms with Crippen LogP contribution in [0.1, 0.15) is 4.88 Å². The standard InChI is InChI=1S/C18H24N4O2S/c1-13-17(14-4-6-15(24-3)7-5-14)20-18(25-13)19-16(23)12-22-10-8-21(2)9-11-22/h4-7H,8-12H2,1-3H3,(H,19,20,23)/p+2. The van der Waals surface area contributed by atoms with Gasteiger partial charge in [-0.05, 0) is 31.2 Å². The van der Waals surface area contributed by atoms with E-state index < -0.39 is 0 Å². The van der Waals surface area contributed by atoms with Crippen molar-refractivity contribution in [1.82, 2.24) is 4.98 Å². The number of hydrogen-bond donors (Lipinski definition) is 3. The van der Waals surface area contributed by atoms with Gasteiger partial charge in [0.2, 0.25) is 0 Å². The third-order valence-corrected chi connectivity index (χ3v) is 5.51. The van der Waals surface area contributed by atoms with Crippen LogP contribution in [0.2, 0.25) is 0 Å². The van der Waals surface area contributed by atoms with Gasteiger partial charge in [-0.25, -0.2) is 4.98 Å². The van der Waals surface area contributed by atoms with E-state index in [0.717, 1.165) is 48.1 Å². The molecule has 1 aliphatic heterocycles. The summed E-state index contributed by atoms with van der Waals surface area (Å²) in [5, 5.41) is 3.64. The van der Waals surface area contributed by atoms with Crippen molar-refractivity contribution in [1.29, 1.82) is 0 Å². The lowest BCUT2D eigenvalue weighted by atomic mass is 10.1.